The highest BCUT2D eigenvalue weighted by Gasteiger charge is 2.56. The molecule has 0 amide bonds. The summed E-state index contributed by atoms with van der Waals surface area (Å²) in [5.41, 5.74) is -3.10. The molecule has 0 aromatic rings. The maximum Gasteiger partial charge on any atom is 0.158 e. The summed E-state index contributed by atoms with van der Waals surface area (Å²) in [6.45, 7) is 39.6. The van der Waals surface area contributed by atoms with Gasteiger partial charge in [0.2, 0.25) is 0 Å². The van der Waals surface area contributed by atoms with Crippen molar-refractivity contribution in [3.05, 3.63) is 0 Å². The quantitative estimate of drug-likeness (QED) is 0.0820. The molecular weight excluding hydrogens is 833 g/mol. The highest BCUT2D eigenvalue weighted by molar-refractivity contribution is 5.80. The molecule has 0 radical (unpaired) electrons. The predicted octanol–water partition coefficient (Wildman–Crippen LogP) is 8.63. The van der Waals surface area contributed by atoms with Gasteiger partial charge in [0.1, 0.15) is 12.2 Å². The number of rotatable bonds is 26. The molecule has 0 N–H and O–H groups in total. The fourth-order valence-electron chi connectivity index (χ4n) is 9.64. The van der Waals surface area contributed by atoms with Gasteiger partial charge in [0.15, 0.2) is 11.6 Å². The van der Waals surface area contributed by atoms with Crippen LogP contribution >= 0.6 is 0 Å². The molecular formula is C52H94O13. The lowest BCUT2D eigenvalue weighted by Gasteiger charge is -2.55. The van der Waals surface area contributed by atoms with E-state index in [4.69, 9.17) is 52.1 Å². The van der Waals surface area contributed by atoms with Crippen LogP contribution in [0.2, 0.25) is 0 Å². The van der Waals surface area contributed by atoms with Crippen LogP contribution in [-0.4, -0.2) is 151 Å². The molecule has 4 rings (SSSR count). The molecule has 65 heavy (non-hydrogen) atoms. The van der Waals surface area contributed by atoms with Crippen molar-refractivity contribution in [2.24, 2.45) is 33.5 Å². The van der Waals surface area contributed by atoms with E-state index in [0.29, 0.717) is 111 Å². The summed E-state index contributed by atoms with van der Waals surface area (Å²) in [5.74, 6) is 0.611. The van der Waals surface area contributed by atoms with E-state index in [1.807, 2.05) is 27.7 Å². The fourth-order valence-corrected chi connectivity index (χ4v) is 9.64. The zero-order valence-electron chi connectivity index (χ0n) is 43.9. The Labute approximate surface area is 394 Å². The third-order valence-corrected chi connectivity index (χ3v) is 15.7. The van der Waals surface area contributed by atoms with Crippen LogP contribution in [0.25, 0.3) is 0 Å². The molecule has 12 atom stereocenters. The van der Waals surface area contributed by atoms with Gasteiger partial charge in [0.25, 0.3) is 0 Å². The summed E-state index contributed by atoms with van der Waals surface area (Å²) >= 11 is 0. The van der Waals surface area contributed by atoms with Crippen LogP contribution in [0.4, 0.5) is 0 Å². The molecule has 4 aliphatic rings. The maximum absolute atomic E-state index is 12.2. The van der Waals surface area contributed by atoms with Crippen LogP contribution in [0.15, 0.2) is 0 Å². The maximum atomic E-state index is 12.2. The van der Waals surface area contributed by atoms with Crippen LogP contribution in [0.5, 0.6) is 0 Å². The van der Waals surface area contributed by atoms with E-state index in [2.05, 4.69) is 69.2 Å². The van der Waals surface area contributed by atoms with Crippen molar-refractivity contribution in [1.82, 2.24) is 0 Å². The van der Waals surface area contributed by atoms with E-state index in [1.54, 1.807) is 13.8 Å². The average molecular weight is 927 g/mol. The zero-order chi connectivity index (χ0) is 48.5. The van der Waals surface area contributed by atoms with E-state index >= 15 is 0 Å². The van der Waals surface area contributed by atoms with Gasteiger partial charge in [-0.25, -0.2) is 0 Å². The smallest absolute Gasteiger partial charge is 0.158 e. The molecule has 2 unspecified atom stereocenters. The standard InChI is InChI=1S/C52H94O13/c1-37(2)58-30-48(12)32-65-52(16,26-46(48,10)29-61-42(8)40(6)54)35-55-21-43-17-19-49(13,62-23-43)33-57-27-47(11)31-64-51(15,25-45(47,9)28-60-41(7)39(5)53)34-56-22-44-18-20-50(14,63-24-44)36-59-38(3)4/h37-38,41-44H,17-36H2,1-16H3/t41?,42?,43-,44-,45-,46-,47-,48-,49-,50-,51-,52-/m1/s1. The number of carbonyl (C=O) groups is 2. The second-order valence-corrected chi connectivity index (χ2v) is 23.8. The van der Waals surface area contributed by atoms with Gasteiger partial charge in [0.05, 0.1) is 127 Å². The van der Waals surface area contributed by atoms with E-state index in [-0.39, 0.29) is 51.5 Å². The first-order valence-electron chi connectivity index (χ1n) is 24.9. The van der Waals surface area contributed by atoms with Crippen LogP contribution in [0.3, 0.4) is 0 Å². The molecule has 0 saturated carbocycles. The highest BCUT2D eigenvalue weighted by Crippen LogP contribution is 2.53. The highest BCUT2D eigenvalue weighted by atomic mass is 16.6. The van der Waals surface area contributed by atoms with Crippen molar-refractivity contribution < 1.29 is 61.7 Å². The zero-order valence-corrected chi connectivity index (χ0v) is 43.9. The van der Waals surface area contributed by atoms with Gasteiger partial charge >= 0.3 is 0 Å². The summed E-state index contributed by atoms with van der Waals surface area (Å²) < 4.78 is 69.9. The van der Waals surface area contributed by atoms with Crippen molar-refractivity contribution in [2.75, 3.05) is 92.5 Å². The molecule has 4 fully saturated rings. The Kier molecular flexibility index (Phi) is 20.2. The second kappa shape index (κ2) is 23.2. The van der Waals surface area contributed by atoms with Gasteiger partial charge in [-0.1, -0.05) is 27.7 Å². The first-order valence-corrected chi connectivity index (χ1v) is 24.9. The van der Waals surface area contributed by atoms with Crippen molar-refractivity contribution >= 4 is 11.6 Å². The summed E-state index contributed by atoms with van der Waals surface area (Å²) in [6.07, 6.45) is 4.49. The van der Waals surface area contributed by atoms with E-state index in [0.717, 1.165) is 25.7 Å². The number of hydrogen-bond donors (Lipinski definition) is 0. The lowest BCUT2D eigenvalue weighted by Crippen LogP contribution is -2.59. The first kappa shape index (κ1) is 56.5. The molecule has 0 aromatic carbocycles. The summed E-state index contributed by atoms with van der Waals surface area (Å²) in [7, 11) is 0. The minimum Gasteiger partial charge on any atom is -0.378 e. The molecule has 0 spiro atoms. The van der Waals surface area contributed by atoms with Gasteiger partial charge in [-0.05, 0) is 122 Å². The summed E-state index contributed by atoms with van der Waals surface area (Å²) in [4.78, 5) is 24.3. The molecule has 13 nitrogen and oxygen atoms in total. The lowest BCUT2D eigenvalue weighted by molar-refractivity contribution is -0.240. The fraction of sp³-hybridized carbons (Fsp3) is 0.962. The molecule has 4 heterocycles. The van der Waals surface area contributed by atoms with Gasteiger partial charge in [-0.15, -0.1) is 0 Å². The van der Waals surface area contributed by atoms with E-state index < -0.39 is 34.4 Å². The van der Waals surface area contributed by atoms with Crippen LogP contribution in [0.1, 0.15) is 149 Å². The van der Waals surface area contributed by atoms with Crippen molar-refractivity contribution in [3.63, 3.8) is 0 Å². The van der Waals surface area contributed by atoms with Crippen molar-refractivity contribution in [3.8, 4) is 0 Å². The Balaban J connectivity index is 1.26. The summed E-state index contributed by atoms with van der Waals surface area (Å²) in [6, 6.07) is 0. The monoisotopic (exact) mass is 927 g/mol. The number of carbonyl (C=O) groups excluding carboxylic acids is 2. The Hall–Kier alpha value is -1.10. The summed E-state index contributed by atoms with van der Waals surface area (Å²) in [5, 5.41) is 0. The normalized spacial score (nSPS) is 39.1. The van der Waals surface area contributed by atoms with Gasteiger partial charge < -0.3 is 52.1 Å². The molecule has 4 aliphatic heterocycles. The van der Waals surface area contributed by atoms with E-state index in [9.17, 15) is 9.59 Å². The minimum atomic E-state index is -0.533. The molecule has 4 saturated heterocycles. The number of Topliss-reactive ketones (excluding diaryl/α,β-unsaturated/α-hetero) is 2. The van der Waals surface area contributed by atoms with Crippen LogP contribution in [0, 0.1) is 33.5 Å². The van der Waals surface area contributed by atoms with E-state index in [1.165, 1.54) is 0 Å². The largest absolute Gasteiger partial charge is 0.378 e. The number of ketones is 2. The Morgan fingerprint density at radius 3 is 1.22 bits per heavy atom. The van der Waals surface area contributed by atoms with Crippen molar-refractivity contribution in [2.45, 2.75) is 196 Å². The first-order chi connectivity index (χ1) is 30.1. The van der Waals surface area contributed by atoms with Crippen molar-refractivity contribution in [1.29, 1.82) is 0 Å². The Bertz CT molecular complexity index is 1490. The minimum absolute atomic E-state index is 0.00900. The predicted molar refractivity (Wildman–Crippen MR) is 251 cm³/mol. The SMILES string of the molecule is CC(=O)C(C)OC[C@@]1(C)C[C@](C)(COC[C@H]2CC[C@](C)(COC(C)C)OC2)OC[C@@]1(C)COC[C@@]1(C)CC[C@H](COC[C@@]2(C)C[C@](C)(COC(C)C(C)=O)[C@](C)(COC(C)C)CO2)CO1. The van der Waals surface area contributed by atoms with Gasteiger partial charge in [-0.3, -0.25) is 9.59 Å². The average Bonchev–Trinajstić information content (AvgIpc) is 3.22. The Morgan fingerprint density at radius 2 is 0.831 bits per heavy atom. The lowest BCUT2D eigenvalue weighted by atomic mass is 9.60. The third-order valence-electron chi connectivity index (χ3n) is 15.7. The molecule has 13 heteroatoms. The molecule has 0 aromatic heterocycles. The van der Waals surface area contributed by atoms with Crippen LogP contribution < -0.4 is 0 Å². The van der Waals surface area contributed by atoms with Gasteiger partial charge in [0, 0.05) is 33.5 Å². The van der Waals surface area contributed by atoms with Crippen LogP contribution in [-0.2, 0) is 61.7 Å². The number of ether oxygens (including phenoxy) is 11. The number of hydrogen-bond acceptors (Lipinski definition) is 13. The topological polar surface area (TPSA) is 136 Å². The molecule has 0 aliphatic carbocycles. The second-order valence-electron chi connectivity index (χ2n) is 23.8. The molecule has 380 valence electrons. The molecule has 0 bridgehead atoms. The third kappa shape index (κ3) is 16.0. The Morgan fingerprint density at radius 1 is 0.462 bits per heavy atom. The van der Waals surface area contributed by atoms with Gasteiger partial charge in [-0.2, -0.15) is 0 Å².